The van der Waals surface area contributed by atoms with Crippen molar-refractivity contribution in [3.63, 3.8) is 0 Å². The highest BCUT2D eigenvalue weighted by Crippen LogP contribution is 2.35. The summed E-state index contributed by atoms with van der Waals surface area (Å²) in [5.74, 6) is -4.37. The summed E-state index contributed by atoms with van der Waals surface area (Å²) < 4.78 is 4.94. The van der Waals surface area contributed by atoms with Crippen molar-refractivity contribution in [2.24, 2.45) is 23.5 Å². The lowest BCUT2D eigenvalue weighted by molar-refractivity contribution is -0.134. The highest BCUT2D eigenvalue weighted by Gasteiger charge is 2.32. The third kappa shape index (κ3) is 11.3. The molecule has 278 valence electrons. The molecule has 1 aromatic carbocycles. The molecular formula is C36H51N7O7S. The number of hydrogen-bond acceptors (Lipinski definition) is 10. The normalized spacial score (nSPS) is 13.4. The minimum absolute atomic E-state index is 0.0181. The minimum atomic E-state index is -0.922. The lowest BCUT2D eigenvalue weighted by Crippen LogP contribution is -2.59. The molecule has 51 heavy (non-hydrogen) atoms. The van der Waals surface area contributed by atoms with E-state index in [2.05, 4.69) is 26.6 Å². The van der Waals surface area contributed by atoms with Gasteiger partial charge in [-0.15, -0.1) is 11.3 Å². The molecule has 0 aliphatic rings. The number of hydrogen-bond donors (Lipinski definition) is 6. The molecule has 0 aliphatic heterocycles. The van der Waals surface area contributed by atoms with Crippen LogP contribution in [0.25, 0.3) is 0 Å². The number of benzene rings is 1. The van der Waals surface area contributed by atoms with Crippen LogP contribution in [0.4, 0.5) is 5.00 Å². The van der Waals surface area contributed by atoms with E-state index in [1.807, 2.05) is 13.0 Å². The smallest absolute Gasteiger partial charge is 0.341 e. The van der Waals surface area contributed by atoms with E-state index >= 15 is 0 Å². The van der Waals surface area contributed by atoms with Crippen LogP contribution < -0.4 is 32.3 Å². The molecule has 4 atom stereocenters. The minimum Gasteiger partial charge on any atom is -0.465 e. The van der Waals surface area contributed by atoms with E-state index in [-0.39, 0.29) is 46.3 Å². The number of esters is 1. The average Bonchev–Trinajstić information content (AvgIpc) is 3.41. The molecule has 7 N–H and O–H groups in total. The standard InChI is InChI=1S/C36H51N7O7S/c1-10-24(23-13-11-22(17-37)12-14-23)30(44)43-35-25(36(49)50-9)21(8)29(51-35)34(48)40-16-15-39-32(46)27(19(4)5)42-33(47)28(20(6)7)41-31(45)26(38)18(2)3/h11-14,18-20,24,26-28H,10,15-16,38H2,1-9H3,(H,39,46)(H,40,48)(H,41,45)(H,42,47)(H,43,44)/t24?,26-,27-,28-/m0/s1. The highest BCUT2D eigenvalue weighted by atomic mass is 32.1. The Labute approximate surface area is 303 Å². The first-order valence-electron chi connectivity index (χ1n) is 16.9. The molecule has 2 rings (SSSR count). The Hall–Kier alpha value is -4.81. The fourth-order valence-electron chi connectivity index (χ4n) is 5.14. The van der Waals surface area contributed by atoms with Gasteiger partial charge in [-0.2, -0.15) is 5.26 Å². The van der Waals surface area contributed by atoms with E-state index in [9.17, 15) is 28.8 Å². The second-order valence-corrected chi connectivity index (χ2v) is 14.2. The van der Waals surface area contributed by atoms with Crippen LogP contribution in [0.2, 0.25) is 0 Å². The second kappa shape index (κ2) is 19.5. The number of amides is 5. The number of anilines is 1. The molecule has 1 unspecified atom stereocenters. The van der Waals surface area contributed by atoms with E-state index in [1.165, 1.54) is 7.11 Å². The number of carbonyl (C=O) groups excluding carboxylic acids is 6. The molecule has 0 bridgehead atoms. The Morgan fingerprint density at radius 2 is 1.37 bits per heavy atom. The zero-order valence-corrected chi connectivity index (χ0v) is 31.6. The predicted octanol–water partition coefficient (Wildman–Crippen LogP) is 2.96. The summed E-state index contributed by atoms with van der Waals surface area (Å²) in [6.07, 6.45) is 0.442. The Morgan fingerprint density at radius 3 is 1.88 bits per heavy atom. The van der Waals surface area contributed by atoms with Gasteiger partial charge in [0.2, 0.25) is 23.6 Å². The summed E-state index contributed by atoms with van der Waals surface area (Å²) in [6, 6.07) is 6.08. The van der Waals surface area contributed by atoms with Crippen molar-refractivity contribution in [2.75, 3.05) is 25.5 Å². The lowest BCUT2D eigenvalue weighted by Gasteiger charge is -2.28. The van der Waals surface area contributed by atoms with Crippen LogP contribution in [0.1, 0.15) is 97.5 Å². The Morgan fingerprint density at radius 1 is 0.824 bits per heavy atom. The topological polar surface area (TPSA) is 222 Å². The molecular weight excluding hydrogens is 675 g/mol. The van der Waals surface area contributed by atoms with Gasteiger partial charge >= 0.3 is 5.97 Å². The van der Waals surface area contributed by atoms with Gasteiger partial charge in [0.25, 0.3) is 5.91 Å². The van der Waals surface area contributed by atoms with Crippen molar-refractivity contribution in [1.29, 1.82) is 5.26 Å². The zero-order chi connectivity index (χ0) is 38.6. The number of methoxy groups -OCH3 is 1. The molecule has 1 aromatic heterocycles. The van der Waals surface area contributed by atoms with Crippen LogP contribution in [0.15, 0.2) is 24.3 Å². The third-order valence-electron chi connectivity index (χ3n) is 8.37. The third-order valence-corrected chi connectivity index (χ3v) is 9.58. The van der Waals surface area contributed by atoms with Crippen molar-refractivity contribution in [2.45, 2.75) is 85.9 Å². The highest BCUT2D eigenvalue weighted by molar-refractivity contribution is 7.18. The van der Waals surface area contributed by atoms with Crippen molar-refractivity contribution in [3.8, 4) is 6.07 Å². The summed E-state index contributed by atoms with van der Waals surface area (Å²) in [4.78, 5) is 78.4. The predicted molar refractivity (Wildman–Crippen MR) is 195 cm³/mol. The van der Waals surface area contributed by atoms with Gasteiger partial charge in [-0.25, -0.2) is 4.79 Å². The van der Waals surface area contributed by atoms with E-state index in [1.54, 1.807) is 72.7 Å². The maximum absolute atomic E-state index is 13.4. The number of rotatable bonds is 17. The van der Waals surface area contributed by atoms with Crippen molar-refractivity contribution < 1.29 is 33.5 Å². The molecule has 1 heterocycles. The molecule has 0 aliphatic carbocycles. The molecule has 0 saturated carbocycles. The number of thiophene rings is 1. The summed E-state index contributed by atoms with van der Waals surface area (Å²) in [5, 5.41) is 22.9. The van der Waals surface area contributed by atoms with Crippen LogP contribution in [0, 0.1) is 36.0 Å². The zero-order valence-electron chi connectivity index (χ0n) is 30.8. The quantitative estimate of drug-likeness (QED) is 0.104. The van der Waals surface area contributed by atoms with Crippen molar-refractivity contribution in [1.82, 2.24) is 21.3 Å². The summed E-state index contributed by atoms with van der Waals surface area (Å²) in [7, 11) is 1.20. The number of nitrogens with zero attached hydrogens (tertiary/aromatic N) is 1. The van der Waals surface area contributed by atoms with Gasteiger partial charge in [0.15, 0.2) is 0 Å². The van der Waals surface area contributed by atoms with Crippen molar-refractivity contribution in [3.05, 3.63) is 51.4 Å². The SMILES string of the molecule is CCC(C(=O)Nc1sc(C(=O)NCCNC(=O)[C@@H](NC(=O)[C@@H](NC(=O)[C@@H](N)C(C)C)C(C)C)C(C)C)c(C)c1C(=O)OC)c1ccc(C#N)cc1. The number of ether oxygens (including phenoxy) is 1. The van der Waals surface area contributed by atoms with E-state index in [0.29, 0.717) is 23.1 Å². The first kappa shape index (κ1) is 42.4. The molecule has 2 aromatic rings. The van der Waals surface area contributed by atoms with Crippen LogP contribution in [0.3, 0.4) is 0 Å². The largest absolute Gasteiger partial charge is 0.465 e. The fraction of sp³-hybridized carbons (Fsp3) is 0.528. The fourth-order valence-corrected chi connectivity index (χ4v) is 6.26. The van der Waals surface area contributed by atoms with Crippen molar-refractivity contribution >= 4 is 51.8 Å². The average molecular weight is 726 g/mol. The summed E-state index contributed by atoms with van der Waals surface area (Å²) in [5.41, 5.74) is 7.48. The van der Waals surface area contributed by atoms with Crippen LogP contribution in [0.5, 0.6) is 0 Å². The molecule has 0 saturated heterocycles. The van der Waals surface area contributed by atoms with Gasteiger partial charge < -0.3 is 37.1 Å². The van der Waals surface area contributed by atoms with Crippen LogP contribution >= 0.6 is 11.3 Å². The molecule has 0 fully saturated rings. The van der Waals surface area contributed by atoms with Gasteiger partial charge in [-0.05, 0) is 54.4 Å². The maximum Gasteiger partial charge on any atom is 0.341 e. The van der Waals surface area contributed by atoms with E-state index in [0.717, 1.165) is 11.3 Å². The van der Waals surface area contributed by atoms with E-state index in [4.69, 9.17) is 15.7 Å². The molecule has 14 nitrogen and oxygen atoms in total. The maximum atomic E-state index is 13.4. The summed E-state index contributed by atoms with van der Waals surface area (Å²) >= 11 is 0.927. The van der Waals surface area contributed by atoms with Gasteiger partial charge in [0.1, 0.15) is 17.1 Å². The number of nitrogens with two attached hydrogens (primary N) is 1. The van der Waals surface area contributed by atoms with Gasteiger partial charge in [-0.3, -0.25) is 24.0 Å². The summed E-state index contributed by atoms with van der Waals surface area (Å²) in [6.45, 7) is 14.2. The van der Waals surface area contributed by atoms with Gasteiger partial charge in [0.05, 0.1) is 41.1 Å². The molecule has 5 amide bonds. The van der Waals surface area contributed by atoms with Gasteiger partial charge in [-0.1, -0.05) is 60.6 Å². The molecule has 0 spiro atoms. The second-order valence-electron chi connectivity index (χ2n) is 13.2. The van der Waals surface area contributed by atoms with Crippen LogP contribution in [-0.2, 0) is 23.9 Å². The van der Waals surface area contributed by atoms with Gasteiger partial charge in [0, 0.05) is 13.1 Å². The lowest BCUT2D eigenvalue weighted by atomic mass is 9.95. The Kier molecular flexibility index (Phi) is 16.2. The van der Waals surface area contributed by atoms with E-state index < -0.39 is 59.5 Å². The molecule has 15 heteroatoms. The molecule has 0 radical (unpaired) electrons. The number of nitrogens with one attached hydrogen (secondary N) is 5. The van der Waals surface area contributed by atoms with Crippen LogP contribution in [-0.4, -0.2) is 73.8 Å². The first-order chi connectivity index (χ1) is 24.0. The number of carbonyl (C=O) groups is 6. The Balaban J connectivity index is 2.10. The number of nitriles is 1. The monoisotopic (exact) mass is 725 g/mol. The Bertz CT molecular complexity index is 1610. The first-order valence-corrected chi connectivity index (χ1v) is 17.7.